The van der Waals surface area contributed by atoms with Crippen LogP contribution in [0.3, 0.4) is 0 Å². The Bertz CT molecular complexity index is 698. The highest BCUT2D eigenvalue weighted by Crippen LogP contribution is 2.40. The van der Waals surface area contributed by atoms with Crippen molar-refractivity contribution >= 4 is 5.91 Å². The zero-order chi connectivity index (χ0) is 18.2. The van der Waals surface area contributed by atoms with E-state index in [4.69, 9.17) is 10.5 Å². The Hall–Kier alpha value is -2.13. The Balaban J connectivity index is 1.30. The first-order chi connectivity index (χ1) is 12.8. The average molecular weight is 351 g/mol. The molecule has 2 aromatic carbocycles. The molecule has 1 heterocycles. The summed E-state index contributed by atoms with van der Waals surface area (Å²) in [4.78, 5) is 11.2. The summed E-state index contributed by atoms with van der Waals surface area (Å²) in [5.74, 6) is -0.361. The number of rotatable bonds is 11. The number of carbonyl (C=O) groups is 1. The fraction of sp³-hybridized carbons (Fsp3) is 0.435. The van der Waals surface area contributed by atoms with Crippen molar-refractivity contribution in [2.75, 3.05) is 0 Å². The number of nitrogens with two attached hydrogens (primary N) is 1. The first kappa shape index (κ1) is 18.7. The maximum Gasteiger partial charge on any atom is 0.249 e. The van der Waals surface area contributed by atoms with E-state index in [9.17, 15) is 4.79 Å². The number of primary amides is 1. The topological polar surface area (TPSA) is 55.6 Å². The molecular formula is C23H29NO2. The summed E-state index contributed by atoms with van der Waals surface area (Å²) in [5.41, 5.74) is 9.21. The van der Waals surface area contributed by atoms with Gasteiger partial charge in [-0.15, -0.1) is 0 Å². The highest BCUT2D eigenvalue weighted by atomic mass is 16.6. The zero-order valence-electron chi connectivity index (χ0n) is 15.4. The molecule has 1 aliphatic heterocycles. The smallest absolute Gasteiger partial charge is 0.249 e. The Morgan fingerprint density at radius 3 is 2.12 bits per heavy atom. The predicted octanol–water partition coefficient (Wildman–Crippen LogP) is 4.74. The molecule has 0 radical (unpaired) electrons. The first-order valence-electron chi connectivity index (χ1n) is 9.82. The highest BCUT2D eigenvalue weighted by Gasteiger charge is 2.45. The molecule has 3 nitrogen and oxygen atoms in total. The van der Waals surface area contributed by atoms with E-state index in [0.717, 1.165) is 12.0 Å². The van der Waals surface area contributed by atoms with Gasteiger partial charge < -0.3 is 10.5 Å². The summed E-state index contributed by atoms with van der Waals surface area (Å²) in [6, 6.07) is 19.0. The molecule has 1 saturated heterocycles. The van der Waals surface area contributed by atoms with Crippen molar-refractivity contribution in [3.63, 3.8) is 0 Å². The van der Waals surface area contributed by atoms with Gasteiger partial charge in [0.1, 0.15) is 6.10 Å². The minimum absolute atomic E-state index is 0.123. The fourth-order valence-corrected chi connectivity index (χ4v) is 3.60. The summed E-state index contributed by atoms with van der Waals surface area (Å²) >= 11 is 0. The van der Waals surface area contributed by atoms with E-state index in [-0.39, 0.29) is 12.0 Å². The van der Waals surface area contributed by atoms with Gasteiger partial charge in [0.25, 0.3) is 0 Å². The highest BCUT2D eigenvalue weighted by molar-refractivity contribution is 5.82. The lowest BCUT2D eigenvalue weighted by atomic mass is 9.97. The Morgan fingerprint density at radius 2 is 1.42 bits per heavy atom. The standard InChI is InChI=1S/C23H29NO2/c24-23(25)22-21(26-22)20-17-11-10-16-19(20)15-9-4-2-1-3-6-12-18-13-7-5-8-14-18/h5,7-8,10-11,13-14,16-17,21-22H,1-4,6,9,12,15H2,(H2,24,25)/t21?,22-/m0/s1. The van der Waals surface area contributed by atoms with Crippen LogP contribution < -0.4 is 5.73 Å². The molecule has 0 aliphatic carbocycles. The van der Waals surface area contributed by atoms with Gasteiger partial charge in [0.05, 0.1) is 0 Å². The number of epoxide rings is 1. The zero-order valence-corrected chi connectivity index (χ0v) is 15.4. The molecule has 2 atom stereocenters. The normalized spacial score (nSPS) is 18.6. The number of amides is 1. The number of carbonyl (C=O) groups excluding carboxylic acids is 1. The van der Waals surface area contributed by atoms with Crippen molar-refractivity contribution in [3.8, 4) is 0 Å². The molecule has 0 saturated carbocycles. The SMILES string of the molecule is NC(=O)[C@H]1OC1c1ccccc1CCCCCCCCc1ccccc1. The minimum Gasteiger partial charge on any atom is -0.367 e. The molecular weight excluding hydrogens is 322 g/mol. The van der Waals surface area contributed by atoms with Crippen LogP contribution in [0.5, 0.6) is 0 Å². The largest absolute Gasteiger partial charge is 0.367 e. The second kappa shape index (κ2) is 9.54. The molecule has 2 aromatic rings. The molecule has 1 aliphatic rings. The molecule has 1 fully saturated rings. The fourth-order valence-electron chi connectivity index (χ4n) is 3.60. The lowest BCUT2D eigenvalue weighted by Crippen LogP contribution is -2.18. The van der Waals surface area contributed by atoms with Gasteiger partial charge in [-0.05, 0) is 42.4 Å². The quantitative estimate of drug-likeness (QED) is 0.470. The maximum atomic E-state index is 11.2. The van der Waals surface area contributed by atoms with Gasteiger partial charge in [-0.1, -0.05) is 80.3 Å². The summed E-state index contributed by atoms with van der Waals surface area (Å²) in [5, 5.41) is 0. The molecule has 1 unspecified atom stereocenters. The second-order valence-electron chi connectivity index (χ2n) is 7.19. The van der Waals surface area contributed by atoms with E-state index in [1.165, 1.54) is 56.1 Å². The van der Waals surface area contributed by atoms with Gasteiger partial charge in [0.15, 0.2) is 6.10 Å². The number of hydrogen-bond donors (Lipinski definition) is 1. The van der Waals surface area contributed by atoms with E-state index in [2.05, 4.69) is 48.5 Å². The van der Waals surface area contributed by atoms with E-state index in [1.54, 1.807) is 0 Å². The number of unbranched alkanes of at least 4 members (excludes halogenated alkanes) is 5. The van der Waals surface area contributed by atoms with Crippen LogP contribution >= 0.6 is 0 Å². The summed E-state index contributed by atoms with van der Waals surface area (Å²) in [7, 11) is 0. The van der Waals surface area contributed by atoms with Crippen molar-refractivity contribution in [1.29, 1.82) is 0 Å². The molecule has 3 rings (SSSR count). The van der Waals surface area contributed by atoms with Gasteiger partial charge in [0.2, 0.25) is 5.91 Å². The number of aryl methyl sites for hydroxylation is 2. The third-order valence-electron chi connectivity index (χ3n) is 5.14. The minimum atomic E-state index is -0.430. The monoisotopic (exact) mass is 351 g/mol. The first-order valence-corrected chi connectivity index (χ1v) is 9.82. The second-order valence-corrected chi connectivity index (χ2v) is 7.19. The third-order valence-corrected chi connectivity index (χ3v) is 5.14. The molecule has 3 heteroatoms. The van der Waals surface area contributed by atoms with Gasteiger partial charge in [-0.2, -0.15) is 0 Å². The van der Waals surface area contributed by atoms with Gasteiger partial charge in [-0.25, -0.2) is 0 Å². The Labute approximate surface area is 156 Å². The number of ether oxygens (including phenoxy) is 1. The van der Waals surface area contributed by atoms with E-state index in [1.807, 2.05) is 6.07 Å². The maximum absolute atomic E-state index is 11.2. The van der Waals surface area contributed by atoms with Crippen molar-refractivity contribution in [2.45, 2.75) is 63.6 Å². The van der Waals surface area contributed by atoms with E-state index >= 15 is 0 Å². The van der Waals surface area contributed by atoms with E-state index in [0.29, 0.717) is 0 Å². The van der Waals surface area contributed by atoms with Crippen LogP contribution in [0.1, 0.15) is 61.3 Å². The van der Waals surface area contributed by atoms with Crippen LogP contribution in [0.15, 0.2) is 54.6 Å². The lowest BCUT2D eigenvalue weighted by molar-refractivity contribution is -0.119. The molecule has 0 aromatic heterocycles. The van der Waals surface area contributed by atoms with Crippen molar-refractivity contribution < 1.29 is 9.53 Å². The molecule has 0 spiro atoms. The number of benzene rings is 2. The summed E-state index contributed by atoms with van der Waals surface area (Å²) in [6.45, 7) is 0. The van der Waals surface area contributed by atoms with Crippen molar-refractivity contribution in [3.05, 3.63) is 71.3 Å². The van der Waals surface area contributed by atoms with Crippen LogP contribution in [0, 0.1) is 0 Å². The average Bonchev–Trinajstić information content (AvgIpc) is 3.46. The number of hydrogen-bond acceptors (Lipinski definition) is 2. The summed E-state index contributed by atoms with van der Waals surface area (Å²) in [6.07, 6.45) is 9.31. The molecule has 138 valence electrons. The molecule has 2 N–H and O–H groups in total. The van der Waals surface area contributed by atoms with Gasteiger partial charge in [0, 0.05) is 0 Å². The van der Waals surface area contributed by atoms with E-state index < -0.39 is 6.10 Å². The molecule has 0 bridgehead atoms. The summed E-state index contributed by atoms with van der Waals surface area (Å²) < 4.78 is 5.44. The third kappa shape index (κ3) is 5.43. The van der Waals surface area contributed by atoms with Crippen molar-refractivity contribution in [1.82, 2.24) is 0 Å². The Morgan fingerprint density at radius 1 is 0.808 bits per heavy atom. The van der Waals surface area contributed by atoms with Crippen LogP contribution in [-0.4, -0.2) is 12.0 Å². The van der Waals surface area contributed by atoms with Crippen molar-refractivity contribution in [2.24, 2.45) is 5.73 Å². The lowest BCUT2D eigenvalue weighted by Gasteiger charge is -2.07. The predicted molar refractivity (Wildman–Crippen MR) is 105 cm³/mol. The van der Waals surface area contributed by atoms with Crippen LogP contribution in [0.25, 0.3) is 0 Å². The van der Waals surface area contributed by atoms with Crippen LogP contribution in [0.2, 0.25) is 0 Å². The Kier molecular flexibility index (Phi) is 6.84. The van der Waals surface area contributed by atoms with Gasteiger partial charge >= 0.3 is 0 Å². The molecule has 1 amide bonds. The molecule has 26 heavy (non-hydrogen) atoms. The van der Waals surface area contributed by atoms with Gasteiger partial charge in [-0.3, -0.25) is 4.79 Å². The van der Waals surface area contributed by atoms with Crippen LogP contribution in [0.4, 0.5) is 0 Å². The van der Waals surface area contributed by atoms with Crippen LogP contribution in [-0.2, 0) is 22.4 Å².